The van der Waals surface area contributed by atoms with Gasteiger partial charge < -0.3 is 5.11 Å². The van der Waals surface area contributed by atoms with E-state index in [2.05, 4.69) is 28.1 Å². The molecule has 20 heavy (non-hydrogen) atoms. The van der Waals surface area contributed by atoms with Gasteiger partial charge in [-0.1, -0.05) is 92.3 Å². The summed E-state index contributed by atoms with van der Waals surface area (Å²) in [6, 6.07) is 0. The highest BCUT2D eigenvalue weighted by molar-refractivity contribution is 9.09. The molecule has 0 fully saturated rings. The Morgan fingerprint density at radius 2 is 0.950 bits per heavy atom. The second-order valence-corrected chi connectivity index (χ2v) is 6.50. The van der Waals surface area contributed by atoms with Crippen LogP contribution in [-0.2, 0) is 0 Å². The Hall–Kier alpha value is 0.180. The molecule has 1 N–H and O–H groups in total. The van der Waals surface area contributed by atoms with Gasteiger partial charge in [0.2, 0.25) is 0 Å². The minimum atomic E-state index is 0.285. The predicted molar refractivity (Wildman–Crippen MR) is 94.7 cm³/mol. The van der Waals surface area contributed by atoms with Gasteiger partial charge >= 0.3 is 0 Å². The lowest BCUT2D eigenvalue weighted by Gasteiger charge is -2.02. The minimum Gasteiger partial charge on any atom is -0.396 e. The third kappa shape index (κ3) is 18.2. The van der Waals surface area contributed by atoms with Gasteiger partial charge in [-0.25, -0.2) is 0 Å². The molecule has 0 bridgehead atoms. The number of rotatable bonds is 16. The van der Waals surface area contributed by atoms with Crippen molar-refractivity contribution < 1.29 is 5.11 Å². The molecule has 0 atom stereocenters. The standard InChI is InChI=1S/C18H35BrO/c19-17-15-13-11-9-7-5-3-1-2-4-6-8-10-12-14-16-18-20/h12,14,20H,1-11,13,15-18H2/b14-12-. The molecule has 0 amide bonds. The topological polar surface area (TPSA) is 20.2 Å². The number of halogens is 1. The van der Waals surface area contributed by atoms with Crippen molar-refractivity contribution in [3.05, 3.63) is 12.2 Å². The molecule has 120 valence electrons. The maximum atomic E-state index is 8.63. The predicted octanol–water partition coefficient (Wildman–Crippen LogP) is 6.39. The average molecular weight is 347 g/mol. The molecule has 0 saturated carbocycles. The Morgan fingerprint density at radius 1 is 0.550 bits per heavy atom. The molecule has 1 nitrogen and oxygen atoms in total. The van der Waals surface area contributed by atoms with Gasteiger partial charge in [0.1, 0.15) is 0 Å². The van der Waals surface area contributed by atoms with E-state index in [0.717, 1.165) is 6.42 Å². The smallest absolute Gasteiger partial charge is 0.0465 e. The molecule has 0 unspecified atom stereocenters. The number of alkyl halides is 1. The summed E-state index contributed by atoms with van der Waals surface area (Å²) in [5, 5.41) is 9.80. The van der Waals surface area contributed by atoms with E-state index in [4.69, 9.17) is 5.11 Å². The third-order valence-electron chi connectivity index (χ3n) is 3.72. The van der Waals surface area contributed by atoms with Crippen LogP contribution in [0.4, 0.5) is 0 Å². The van der Waals surface area contributed by atoms with E-state index in [0.29, 0.717) is 0 Å². The lowest BCUT2D eigenvalue weighted by Crippen LogP contribution is -1.83. The molecular weight excluding hydrogens is 312 g/mol. The van der Waals surface area contributed by atoms with Crippen molar-refractivity contribution in [1.82, 2.24) is 0 Å². The first-order chi connectivity index (χ1) is 9.91. The van der Waals surface area contributed by atoms with E-state index in [1.807, 2.05) is 0 Å². The van der Waals surface area contributed by atoms with E-state index < -0.39 is 0 Å². The van der Waals surface area contributed by atoms with Crippen molar-refractivity contribution in [2.24, 2.45) is 0 Å². The highest BCUT2D eigenvalue weighted by Gasteiger charge is 1.93. The first kappa shape index (κ1) is 20.2. The maximum Gasteiger partial charge on any atom is 0.0465 e. The zero-order chi connectivity index (χ0) is 14.7. The van der Waals surface area contributed by atoms with E-state index in [9.17, 15) is 0 Å². The summed E-state index contributed by atoms with van der Waals surface area (Å²) in [7, 11) is 0. The zero-order valence-corrected chi connectivity index (χ0v) is 14.9. The summed E-state index contributed by atoms with van der Waals surface area (Å²) in [6.07, 6.45) is 23.2. The van der Waals surface area contributed by atoms with Crippen LogP contribution in [0.2, 0.25) is 0 Å². The maximum absolute atomic E-state index is 8.63. The minimum absolute atomic E-state index is 0.285. The summed E-state index contributed by atoms with van der Waals surface area (Å²) in [4.78, 5) is 0. The highest BCUT2D eigenvalue weighted by Crippen LogP contribution is 2.12. The Morgan fingerprint density at radius 3 is 1.40 bits per heavy atom. The molecule has 0 aromatic rings. The molecule has 0 rings (SSSR count). The number of hydrogen-bond donors (Lipinski definition) is 1. The fraction of sp³-hybridized carbons (Fsp3) is 0.889. The van der Waals surface area contributed by atoms with Crippen LogP contribution < -0.4 is 0 Å². The van der Waals surface area contributed by atoms with E-state index in [1.165, 1.54) is 88.8 Å². The van der Waals surface area contributed by atoms with Gasteiger partial charge in [-0.05, 0) is 25.7 Å². The van der Waals surface area contributed by atoms with Crippen LogP contribution in [0.15, 0.2) is 12.2 Å². The van der Waals surface area contributed by atoms with Gasteiger partial charge in [0, 0.05) is 11.9 Å². The van der Waals surface area contributed by atoms with Gasteiger partial charge in [-0.2, -0.15) is 0 Å². The molecule has 0 heterocycles. The number of unbranched alkanes of at least 4 members (excludes halogenated alkanes) is 12. The molecule has 0 radical (unpaired) electrons. The van der Waals surface area contributed by atoms with Gasteiger partial charge in [-0.15, -0.1) is 0 Å². The molecule has 0 aromatic heterocycles. The molecule has 0 aliphatic carbocycles. The summed E-state index contributed by atoms with van der Waals surface area (Å²) in [6.45, 7) is 0.285. The van der Waals surface area contributed by atoms with Crippen LogP contribution in [0.1, 0.15) is 89.9 Å². The van der Waals surface area contributed by atoms with E-state index in [-0.39, 0.29) is 6.61 Å². The summed E-state index contributed by atoms with van der Waals surface area (Å²) in [5.74, 6) is 0. The van der Waals surface area contributed by atoms with Gasteiger partial charge in [-0.3, -0.25) is 0 Å². The molecule has 0 spiro atoms. The van der Waals surface area contributed by atoms with E-state index in [1.54, 1.807) is 0 Å². The lowest BCUT2D eigenvalue weighted by molar-refractivity contribution is 0.302. The molecule has 0 saturated heterocycles. The van der Waals surface area contributed by atoms with E-state index >= 15 is 0 Å². The first-order valence-corrected chi connectivity index (χ1v) is 9.85. The SMILES string of the molecule is OCC/C=C\CCCCCCCCCCCCCCBr. The van der Waals surface area contributed by atoms with Gasteiger partial charge in [0.25, 0.3) is 0 Å². The van der Waals surface area contributed by atoms with Gasteiger partial charge in [0.15, 0.2) is 0 Å². The number of hydrogen-bond acceptors (Lipinski definition) is 1. The Balaban J connectivity index is 2.96. The van der Waals surface area contributed by atoms with Crippen LogP contribution in [0.3, 0.4) is 0 Å². The third-order valence-corrected chi connectivity index (χ3v) is 4.28. The normalized spacial score (nSPS) is 11.5. The van der Waals surface area contributed by atoms with Crippen LogP contribution in [0.25, 0.3) is 0 Å². The van der Waals surface area contributed by atoms with Crippen molar-refractivity contribution in [2.75, 3.05) is 11.9 Å². The zero-order valence-electron chi connectivity index (χ0n) is 13.3. The van der Waals surface area contributed by atoms with Gasteiger partial charge in [0.05, 0.1) is 0 Å². The quantitative estimate of drug-likeness (QED) is 0.195. The van der Waals surface area contributed by atoms with Crippen LogP contribution in [0, 0.1) is 0 Å². The first-order valence-electron chi connectivity index (χ1n) is 8.73. The summed E-state index contributed by atoms with van der Waals surface area (Å²) >= 11 is 3.48. The van der Waals surface area contributed by atoms with Crippen LogP contribution >= 0.6 is 15.9 Å². The average Bonchev–Trinajstić information content (AvgIpc) is 2.47. The Kier molecular flexibility index (Phi) is 19.4. The largest absolute Gasteiger partial charge is 0.396 e. The number of aliphatic hydroxyl groups excluding tert-OH is 1. The fourth-order valence-electron chi connectivity index (χ4n) is 2.43. The summed E-state index contributed by atoms with van der Waals surface area (Å²) in [5.41, 5.74) is 0. The summed E-state index contributed by atoms with van der Waals surface area (Å²) < 4.78 is 0. The fourth-order valence-corrected chi connectivity index (χ4v) is 2.83. The molecular formula is C18H35BrO. The second kappa shape index (κ2) is 19.2. The highest BCUT2D eigenvalue weighted by atomic mass is 79.9. The van der Waals surface area contributed by atoms with Crippen molar-refractivity contribution in [3.63, 3.8) is 0 Å². The molecule has 2 heteroatoms. The molecule has 0 aromatic carbocycles. The van der Waals surface area contributed by atoms with Crippen molar-refractivity contribution in [3.8, 4) is 0 Å². The Labute approximate surface area is 135 Å². The van der Waals surface area contributed by atoms with Crippen LogP contribution in [-0.4, -0.2) is 17.0 Å². The lowest BCUT2D eigenvalue weighted by atomic mass is 10.0. The Bertz CT molecular complexity index is 192. The number of allylic oxidation sites excluding steroid dienone is 1. The molecule has 0 aliphatic rings. The monoisotopic (exact) mass is 346 g/mol. The molecule has 0 aliphatic heterocycles. The van der Waals surface area contributed by atoms with Crippen molar-refractivity contribution in [1.29, 1.82) is 0 Å². The van der Waals surface area contributed by atoms with Crippen molar-refractivity contribution >= 4 is 15.9 Å². The second-order valence-electron chi connectivity index (χ2n) is 5.70. The van der Waals surface area contributed by atoms with Crippen LogP contribution in [0.5, 0.6) is 0 Å². The number of aliphatic hydroxyl groups is 1. The van der Waals surface area contributed by atoms with Crippen molar-refractivity contribution in [2.45, 2.75) is 89.9 Å².